The van der Waals surface area contributed by atoms with E-state index in [9.17, 15) is 9.90 Å². The second-order valence-corrected chi connectivity index (χ2v) is 9.26. The Bertz CT molecular complexity index is 698. The summed E-state index contributed by atoms with van der Waals surface area (Å²) in [4.78, 5) is 12.1. The van der Waals surface area contributed by atoms with Gasteiger partial charge in [0.2, 0.25) is 0 Å². The summed E-state index contributed by atoms with van der Waals surface area (Å²) in [5.41, 5.74) is -0.0474. The van der Waals surface area contributed by atoms with Gasteiger partial charge >= 0.3 is 5.97 Å². The first-order valence-corrected chi connectivity index (χ1v) is 10.00. The smallest absolute Gasteiger partial charge is 0.336 e. The molecule has 2 aliphatic carbocycles. The van der Waals surface area contributed by atoms with E-state index in [1.165, 1.54) is 0 Å². The largest absolute Gasteiger partial charge is 0.458 e. The molecule has 3 saturated heterocycles. The van der Waals surface area contributed by atoms with Gasteiger partial charge in [0.25, 0.3) is 0 Å². The van der Waals surface area contributed by atoms with Crippen molar-refractivity contribution in [1.82, 2.24) is 0 Å². The van der Waals surface area contributed by atoms with E-state index in [1.54, 1.807) is 0 Å². The van der Waals surface area contributed by atoms with E-state index in [-0.39, 0.29) is 40.7 Å². The third-order valence-corrected chi connectivity index (χ3v) is 8.61. The number of hydrogen-bond acceptors (Lipinski definition) is 6. The number of hydrogen-bond donors (Lipinski definition) is 1. The van der Waals surface area contributed by atoms with Crippen LogP contribution in [0, 0.1) is 22.7 Å². The average molecular weight is 362 g/mol. The number of carbonyl (C=O) groups excluding carboxylic acids is 1. The Labute approximate surface area is 152 Å². The van der Waals surface area contributed by atoms with Gasteiger partial charge in [-0.15, -0.1) is 0 Å². The summed E-state index contributed by atoms with van der Waals surface area (Å²) in [7, 11) is 0. The summed E-state index contributed by atoms with van der Waals surface area (Å²) in [5, 5.41) is 11.2. The molecule has 1 N–H and O–H groups in total. The lowest BCUT2D eigenvalue weighted by molar-refractivity contribution is -0.330. The lowest BCUT2D eigenvalue weighted by atomic mass is 9.41. The molecule has 6 nitrogen and oxygen atoms in total. The van der Waals surface area contributed by atoms with Crippen molar-refractivity contribution in [3.63, 3.8) is 0 Å². The minimum atomic E-state index is -0.397. The minimum absolute atomic E-state index is 0.161. The van der Waals surface area contributed by atoms with Crippen molar-refractivity contribution in [3.05, 3.63) is 11.6 Å². The summed E-state index contributed by atoms with van der Waals surface area (Å²) in [5.74, 6) is 0.329. The van der Waals surface area contributed by atoms with Crippen molar-refractivity contribution in [3.8, 4) is 0 Å². The van der Waals surface area contributed by atoms with Crippen LogP contribution in [0.4, 0.5) is 0 Å². The van der Waals surface area contributed by atoms with E-state index in [1.807, 2.05) is 6.08 Å². The minimum Gasteiger partial charge on any atom is -0.458 e. The predicted octanol–water partition coefficient (Wildman–Crippen LogP) is 1.56. The van der Waals surface area contributed by atoms with Crippen LogP contribution in [-0.2, 0) is 23.7 Å². The van der Waals surface area contributed by atoms with Crippen molar-refractivity contribution in [2.75, 3.05) is 19.8 Å². The lowest BCUT2D eigenvalue weighted by Gasteiger charge is -2.66. The molecular weight excluding hydrogens is 336 g/mol. The molecule has 2 saturated carbocycles. The van der Waals surface area contributed by atoms with Gasteiger partial charge < -0.3 is 24.1 Å². The molecule has 0 amide bonds. The first-order valence-electron chi connectivity index (χ1n) is 10.00. The third kappa shape index (κ3) is 1.62. The zero-order valence-electron chi connectivity index (χ0n) is 15.1. The number of esters is 1. The summed E-state index contributed by atoms with van der Waals surface area (Å²) in [6, 6.07) is 0. The molecule has 2 bridgehead atoms. The average Bonchev–Trinajstić information content (AvgIpc) is 3.10. The van der Waals surface area contributed by atoms with E-state index >= 15 is 0 Å². The number of rotatable bonds is 1. The fourth-order valence-electron chi connectivity index (χ4n) is 7.33. The Morgan fingerprint density at radius 2 is 2.15 bits per heavy atom. The first-order chi connectivity index (χ1) is 12.5. The molecule has 0 aromatic carbocycles. The molecule has 0 unspecified atom stereocenters. The molecule has 0 aromatic rings. The molecule has 6 rings (SSSR count). The molecule has 4 heterocycles. The Morgan fingerprint density at radius 1 is 1.31 bits per heavy atom. The van der Waals surface area contributed by atoms with Crippen LogP contribution >= 0.6 is 0 Å². The monoisotopic (exact) mass is 362 g/mol. The molecule has 4 aliphatic heterocycles. The normalized spacial score (nSPS) is 57.4. The van der Waals surface area contributed by atoms with Crippen LogP contribution < -0.4 is 0 Å². The van der Waals surface area contributed by atoms with Crippen LogP contribution in [0.15, 0.2) is 11.6 Å². The number of carbonyl (C=O) groups is 1. The molecule has 6 heteroatoms. The van der Waals surface area contributed by atoms with Crippen LogP contribution in [0.5, 0.6) is 0 Å². The molecule has 5 fully saturated rings. The second-order valence-electron chi connectivity index (χ2n) is 9.26. The van der Waals surface area contributed by atoms with E-state index in [2.05, 4.69) is 6.92 Å². The number of ether oxygens (including phenoxy) is 4. The van der Waals surface area contributed by atoms with Gasteiger partial charge in [-0.25, -0.2) is 4.79 Å². The van der Waals surface area contributed by atoms with E-state index in [0.29, 0.717) is 24.7 Å². The summed E-state index contributed by atoms with van der Waals surface area (Å²) in [6.07, 6.45) is 5.62. The Hall–Kier alpha value is -0.950. The second kappa shape index (κ2) is 4.90. The molecule has 6 aliphatic rings. The van der Waals surface area contributed by atoms with Crippen LogP contribution in [0.3, 0.4) is 0 Å². The van der Waals surface area contributed by atoms with Crippen LogP contribution in [0.2, 0.25) is 0 Å². The summed E-state index contributed by atoms with van der Waals surface area (Å²) in [6.45, 7) is 3.79. The summed E-state index contributed by atoms with van der Waals surface area (Å²) < 4.78 is 23.8. The van der Waals surface area contributed by atoms with Crippen molar-refractivity contribution >= 4 is 5.97 Å². The maximum atomic E-state index is 12.1. The van der Waals surface area contributed by atoms with Gasteiger partial charge in [-0.3, -0.25) is 0 Å². The highest BCUT2D eigenvalue weighted by molar-refractivity contribution is 5.91. The zero-order chi connectivity index (χ0) is 17.7. The molecule has 2 spiro atoms. The highest BCUT2D eigenvalue weighted by atomic mass is 16.7. The zero-order valence-corrected chi connectivity index (χ0v) is 15.1. The van der Waals surface area contributed by atoms with Gasteiger partial charge in [-0.05, 0) is 43.6 Å². The fourth-order valence-corrected chi connectivity index (χ4v) is 7.33. The fraction of sp³-hybridized carbons (Fsp3) is 0.850. The Balaban J connectivity index is 1.45. The molecule has 142 valence electrons. The molecular formula is C20H26O6. The van der Waals surface area contributed by atoms with Crippen molar-refractivity contribution in [2.24, 2.45) is 22.7 Å². The van der Waals surface area contributed by atoms with Gasteiger partial charge in [0.1, 0.15) is 12.2 Å². The molecule has 8 atom stereocenters. The van der Waals surface area contributed by atoms with Gasteiger partial charge in [-0.2, -0.15) is 0 Å². The Kier molecular flexibility index (Phi) is 3.03. The van der Waals surface area contributed by atoms with Crippen molar-refractivity contribution in [1.29, 1.82) is 0 Å². The number of aliphatic hydroxyl groups is 1. The topological polar surface area (TPSA) is 77.5 Å². The van der Waals surface area contributed by atoms with Crippen LogP contribution in [-0.4, -0.2) is 55.0 Å². The SMILES string of the molecule is C[C@@H]1C[C@H](O)[C@]23CO[C@H]4O[C@H](C5=CCOC5=O)C[C@@]41[C@H]2CCC[C@]31CO1. The summed E-state index contributed by atoms with van der Waals surface area (Å²) >= 11 is 0. The van der Waals surface area contributed by atoms with Gasteiger partial charge in [0.05, 0.1) is 36.4 Å². The van der Waals surface area contributed by atoms with E-state index < -0.39 is 6.10 Å². The predicted molar refractivity (Wildman–Crippen MR) is 88.9 cm³/mol. The highest BCUT2D eigenvalue weighted by Crippen LogP contribution is 2.73. The maximum absolute atomic E-state index is 12.1. The lowest BCUT2D eigenvalue weighted by Crippen LogP contribution is -2.71. The number of aliphatic hydroxyl groups excluding tert-OH is 1. The first kappa shape index (κ1) is 16.0. The van der Waals surface area contributed by atoms with Gasteiger partial charge in [-0.1, -0.05) is 13.3 Å². The van der Waals surface area contributed by atoms with Gasteiger partial charge in [0, 0.05) is 5.41 Å². The standard InChI is InChI=1S/C20H26O6/c1-11-7-15(21)20-10-24-17-19(11,14(20)3-2-5-18(20)9-25-18)8-13(26-17)12-4-6-23-16(12)22/h4,11,13-15,17,21H,2-3,5-10H2,1H3/t11-,13+,14-,15+,17+,18+,19-,20+/m1/s1. The molecule has 0 radical (unpaired) electrons. The highest BCUT2D eigenvalue weighted by Gasteiger charge is 2.79. The quantitative estimate of drug-likeness (QED) is 0.563. The van der Waals surface area contributed by atoms with Crippen LogP contribution in [0.1, 0.15) is 39.0 Å². The third-order valence-electron chi connectivity index (χ3n) is 8.61. The number of epoxide rings is 1. The van der Waals surface area contributed by atoms with Crippen LogP contribution in [0.25, 0.3) is 0 Å². The van der Waals surface area contributed by atoms with E-state index in [0.717, 1.165) is 38.7 Å². The molecule has 0 aromatic heterocycles. The van der Waals surface area contributed by atoms with Crippen molar-refractivity contribution < 1.29 is 28.8 Å². The van der Waals surface area contributed by atoms with E-state index in [4.69, 9.17) is 18.9 Å². The van der Waals surface area contributed by atoms with Crippen molar-refractivity contribution in [2.45, 2.75) is 63.1 Å². The number of cyclic esters (lactones) is 1. The molecule has 26 heavy (non-hydrogen) atoms. The maximum Gasteiger partial charge on any atom is 0.336 e. The Morgan fingerprint density at radius 3 is 2.88 bits per heavy atom. The van der Waals surface area contributed by atoms with Gasteiger partial charge in [0.15, 0.2) is 6.29 Å².